The van der Waals surface area contributed by atoms with Crippen LogP contribution in [-0.4, -0.2) is 37.1 Å². The van der Waals surface area contributed by atoms with Gasteiger partial charge in [-0.15, -0.1) is 0 Å². The van der Waals surface area contributed by atoms with Crippen molar-refractivity contribution in [3.8, 4) is 0 Å². The molecule has 1 unspecified atom stereocenters. The third kappa shape index (κ3) is 3.68. The summed E-state index contributed by atoms with van der Waals surface area (Å²) in [4.78, 5) is 27.9. The smallest absolute Gasteiger partial charge is 0.256 e. The zero-order chi connectivity index (χ0) is 18.5. The second kappa shape index (κ2) is 7.97. The standard InChI is InChI=1S/C21H22N2O3/c1-3-20(24)22(2)18-11-9-17(10-12-18)21(25)23-15-26-14-13-19(23)16-7-5-4-6-8-16/h3-12,19H,1,13-15H2,2H3. The Balaban J connectivity index is 1.81. The lowest BCUT2D eigenvalue weighted by Gasteiger charge is -2.36. The highest BCUT2D eigenvalue weighted by atomic mass is 16.5. The van der Waals surface area contributed by atoms with Gasteiger partial charge in [-0.25, -0.2) is 0 Å². The van der Waals surface area contributed by atoms with E-state index in [0.29, 0.717) is 17.9 Å². The van der Waals surface area contributed by atoms with E-state index in [-0.39, 0.29) is 24.6 Å². The summed E-state index contributed by atoms with van der Waals surface area (Å²) in [7, 11) is 1.67. The minimum absolute atomic E-state index is 0.00198. The molecule has 1 saturated heterocycles. The van der Waals surface area contributed by atoms with Crippen molar-refractivity contribution in [3.05, 3.63) is 78.4 Å². The summed E-state index contributed by atoms with van der Waals surface area (Å²) in [6.07, 6.45) is 2.03. The maximum absolute atomic E-state index is 13.0. The van der Waals surface area contributed by atoms with Crippen molar-refractivity contribution in [1.82, 2.24) is 4.90 Å². The number of likely N-dealkylation sites (N-methyl/N-ethyl adjacent to an activating group) is 1. The highest BCUT2D eigenvalue weighted by molar-refractivity contribution is 6.01. The second-order valence-electron chi connectivity index (χ2n) is 6.18. The van der Waals surface area contributed by atoms with E-state index in [2.05, 4.69) is 6.58 Å². The van der Waals surface area contributed by atoms with E-state index >= 15 is 0 Å². The molecule has 2 aromatic carbocycles. The SMILES string of the molecule is C=CC(=O)N(C)c1ccc(C(=O)N2COCCC2c2ccccc2)cc1. The molecule has 0 saturated carbocycles. The van der Waals surface area contributed by atoms with Gasteiger partial charge in [-0.2, -0.15) is 0 Å². The number of nitrogens with zero attached hydrogens (tertiary/aromatic N) is 2. The second-order valence-corrected chi connectivity index (χ2v) is 6.18. The lowest BCUT2D eigenvalue weighted by atomic mass is 10.0. The fraction of sp³-hybridized carbons (Fsp3) is 0.238. The molecule has 0 aliphatic carbocycles. The molecule has 5 nitrogen and oxygen atoms in total. The van der Waals surface area contributed by atoms with Crippen LogP contribution < -0.4 is 4.90 Å². The summed E-state index contributed by atoms with van der Waals surface area (Å²) in [5.74, 6) is -0.277. The van der Waals surface area contributed by atoms with Gasteiger partial charge in [0.25, 0.3) is 5.91 Å². The first-order valence-electron chi connectivity index (χ1n) is 8.55. The van der Waals surface area contributed by atoms with Crippen LogP contribution >= 0.6 is 0 Å². The van der Waals surface area contributed by atoms with Crippen molar-refractivity contribution in [3.63, 3.8) is 0 Å². The number of carbonyl (C=O) groups is 2. The molecule has 0 aromatic heterocycles. The molecule has 5 heteroatoms. The molecule has 1 fully saturated rings. The molecule has 0 spiro atoms. The van der Waals surface area contributed by atoms with Crippen molar-refractivity contribution in [1.29, 1.82) is 0 Å². The van der Waals surface area contributed by atoms with Crippen molar-refractivity contribution >= 4 is 17.5 Å². The fourth-order valence-electron chi connectivity index (χ4n) is 3.08. The van der Waals surface area contributed by atoms with Gasteiger partial charge < -0.3 is 14.5 Å². The van der Waals surface area contributed by atoms with Crippen LogP contribution in [0.4, 0.5) is 5.69 Å². The van der Waals surface area contributed by atoms with E-state index in [1.54, 1.807) is 36.2 Å². The first-order chi connectivity index (χ1) is 12.6. The monoisotopic (exact) mass is 350 g/mol. The fourth-order valence-corrected chi connectivity index (χ4v) is 3.08. The average Bonchev–Trinajstić information content (AvgIpc) is 2.73. The molecule has 3 rings (SSSR count). The first-order valence-corrected chi connectivity index (χ1v) is 8.55. The topological polar surface area (TPSA) is 49.9 Å². The quantitative estimate of drug-likeness (QED) is 0.794. The number of amides is 2. The van der Waals surface area contributed by atoms with Crippen molar-refractivity contribution in [2.24, 2.45) is 0 Å². The van der Waals surface area contributed by atoms with E-state index in [0.717, 1.165) is 12.0 Å². The minimum atomic E-state index is -0.197. The Kier molecular flexibility index (Phi) is 5.49. The van der Waals surface area contributed by atoms with Crippen LogP contribution in [0, 0.1) is 0 Å². The molecule has 0 N–H and O–H groups in total. The van der Waals surface area contributed by atoms with Gasteiger partial charge in [0.1, 0.15) is 6.73 Å². The predicted octanol–water partition coefficient (Wildman–Crippen LogP) is 3.40. The Morgan fingerprint density at radius 1 is 1.15 bits per heavy atom. The summed E-state index contributed by atoms with van der Waals surface area (Å²) in [5.41, 5.74) is 2.39. The van der Waals surface area contributed by atoms with Crippen LogP contribution in [0.15, 0.2) is 67.3 Å². The minimum Gasteiger partial charge on any atom is -0.361 e. The number of benzene rings is 2. The summed E-state index contributed by atoms with van der Waals surface area (Å²) in [6.45, 7) is 4.39. The number of hydrogen-bond donors (Lipinski definition) is 0. The van der Waals surface area contributed by atoms with Gasteiger partial charge in [-0.05, 0) is 42.3 Å². The number of rotatable bonds is 4. The number of hydrogen-bond acceptors (Lipinski definition) is 3. The number of ether oxygens (including phenoxy) is 1. The van der Waals surface area contributed by atoms with Crippen LogP contribution in [-0.2, 0) is 9.53 Å². The molecular formula is C21H22N2O3. The number of carbonyl (C=O) groups excluding carboxylic acids is 2. The number of anilines is 1. The van der Waals surface area contributed by atoms with Gasteiger partial charge in [0.15, 0.2) is 0 Å². The molecule has 26 heavy (non-hydrogen) atoms. The van der Waals surface area contributed by atoms with Crippen LogP contribution in [0.25, 0.3) is 0 Å². The van der Waals surface area contributed by atoms with Crippen LogP contribution in [0.5, 0.6) is 0 Å². The molecule has 0 bridgehead atoms. The predicted molar refractivity (Wildman–Crippen MR) is 101 cm³/mol. The van der Waals surface area contributed by atoms with Crippen molar-refractivity contribution in [2.45, 2.75) is 12.5 Å². The maximum atomic E-state index is 13.0. The van der Waals surface area contributed by atoms with E-state index in [1.165, 1.54) is 11.0 Å². The lowest BCUT2D eigenvalue weighted by Crippen LogP contribution is -2.40. The molecule has 2 amide bonds. The van der Waals surface area contributed by atoms with E-state index < -0.39 is 0 Å². The Morgan fingerprint density at radius 3 is 2.50 bits per heavy atom. The summed E-state index contributed by atoms with van der Waals surface area (Å²) < 4.78 is 5.53. The molecule has 1 aliphatic heterocycles. The molecule has 134 valence electrons. The van der Waals surface area contributed by atoms with Crippen LogP contribution in [0.3, 0.4) is 0 Å². The zero-order valence-corrected chi connectivity index (χ0v) is 14.8. The van der Waals surface area contributed by atoms with Crippen molar-refractivity contribution in [2.75, 3.05) is 25.3 Å². The summed E-state index contributed by atoms with van der Waals surface area (Å²) in [5, 5.41) is 0. The summed E-state index contributed by atoms with van der Waals surface area (Å²) in [6, 6.07) is 17.0. The highest BCUT2D eigenvalue weighted by Gasteiger charge is 2.29. The first kappa shape index (κ1) is 17.9. The normalized spacial score (nSPS) is 16.8. The Hall–Kier alpha value is -2.92. The van der Waals surface area contributed by atoms with Gasteiger partial charge in [0, 0.05) is 18.3 Å². The van der Waals surface area contributed by atoms with Gasteiger partial charge in [-0.3, -0.25) is 9.59 Å². The molecule has 1 aliphatic rings. The average molecular weight is 350 g/mol. The van der Waals surface area contributed by atoms with Crippen LogP contribution in [0.1, 0.15) is 28.4 Å². The molecule has 2 aromatic rings. The summed E-state index contributed by atoms with van der Waals surface area (Å²) >= 11 is 0. The third-order valence-electron chi connectivity index (χ3n) is 4.59. The Labute approximate surface area is 153 Å². The third-order valence-corrected chi connectivity index (χ3v) is 4.59. The van der Waals surface area contributed by atoms with E-state index in [1.807, 2.05) is 30.3 Å². The lowest BCUT2D eigenvalue weighted by molar-refractivity contribution is -0.113. The van der Waals surface area contributed by atoms with Gasteiger partial charge >= 0.3 is 0 Å². The zero-order valence-electron chi connectivity index (χ0n) is 14.8. The van der Waals surface area contributed by atoms with Gasteiger partial charge in [0.2, 0.25) is 5.91 Å². The van der Waals surface area contributed by atoms with E-state index in [4.69, 9.17) is 4.74 Å². The highest BCUT2D eigenvalue weighted by Crippen LogP contribution is 2.29. The molecular weight excluding hydrogens is 328 g/mol. The Bertz CT molecular complexity index is 787. The maximum Gasteiger partial charge on any atom is 0.256 e. The van der Waals surface area contributed by atoms with Crippen molar-refractivity contribution < 1.29 is 14.3 Å². The largest absolute Gasteiger partial charge is 0.361 e. The Morgan fingerprint density at radius 2 is 1.85 bits per heavy atom. The molecule has 1 heterocycles. The van der Waals surface area contributed by atoms with Crippen LogP contribution in [0.2, 0.25) is 0 Å². The molecule has 0 radical (unpaired) electrons. The van der Waals surface area contributed by atoms with E-state index in [9.17, 15) is 9.59 Å². The van der Waals surface area contributed by atoms with Gasteiger partial charge in [-0.1, -0.05) is 36.9 Å². The molecule has 1 atom stereocenters. The van der Waals surface area contributed by atoms with Gasteiger partial charge in [0.05, 0.1) is 12.6 Å².